The summed E-state index contributed by atoms with van der Waals surface area (Å²) < 4.78 is 7.10. The van der Waals surface area contributed by atoms with E-state index in [2.05, 4.69) is 34.6 Å². The summed E-state index contributed by atoms with van der Waals surface area (Å²) in [6.45, 7) is 6.59. The van der Waals surface area contributed by atoms with Crippen LogP contribution in [0.25, 0.3) is 0 Å². The number of nitrogens with zero attached hydrogens (tertiary/aromatic N) is 3. The Balaban J connectivity index is 1.43. The highest BCUT2D eigenvalue weighted by Crippen LogP contribution is 2.24. The molecule has 7 heteroatoms. The fraction of sp³-hybridized carbons (Fsp3) is 0.292. The molecule has 0 saturated carbocycles. The molecule has 1 unspecified atom stereocenters. The zero-order valence-electron chi connectivity index (χ0n) is 18.2. The molecule has 1 aliphatic heterocycles. The summed E-state index contributed by atoms with van der Waals surface area (Å²) >= 11 is 0. The van der Waals surface area contributed by atoms with Crippen LogP contribution in [0.4, 0.5) is 5.69 Å². The molecule has 0 fully saturated rings. The van der Waals surface area contributed by atoms with E-state index < -0.39 is 6.10 Å². The summed E-state index contributed by atoms with van der Waals surface area (Å²) in [5.41, 5.74) is 6.46. The fourth-order valence-electron chi connectivity index (χ4n) is 3.66. The van der Waals surface area contributed by atoms with Gasteiger partial charge in [0.1, 0.15) is 5.75 Å². The Morgan fingerprint density at radius 2 is 1.90 bits per heavy atom. The Morgan fingerprint density at radius 3 is 2.61 bits per heavy atom. The minimum Gasteiger partial charge on any atom is -0.497 e. The lowest BCUT2D eigenvalue weighted by Gasteiger charge is -2.11. The van der Waals surface area contributed by atoms with E-state index in [-0.39, 0.29) is 5.91 Å². The van der Waals surface area contributed by atoms with E-state index >= 15 is 0 Å². The summed E-state index contributed by atoms with van der Waals surface area (Å²) in [7, 11) is 1.62. The molecule has 3 aromatic rings. The minimum atomic E-state index is -0.671. The number of carbonyl (C=O) groups is 1. The van der Waals surface area contributed by atoms with E-state index in [1.165, 1.54) is 11.1 Å². The summed E-state index contributed by atoms with van der Waals surface area (Å²) in [5.74, 6) is 0.542. The number of anilines is 1. The Labute approximate surface area is 181 Å². The van der Waals surface area contributed by atoms with Crippen LogP contribution in [0.15, 0.2) is 53.7 Å². The zero-order valence-corrected chi connectivity index (χ0v) is 18.2. The highest BCUT2D eigenvalue weighted by atomic mass is 16.6. The van der Waals surface area contributed by atoms with Gasteiger partial charge in [0.15, 0.2) is 0 Å². The third kappa shape index (κ3) is 4.30. The van der Waals surface area contributed by atoms with Crippen molar-refractivity contribution in [2.24, 2.45) is 5.16 Å². The van der Waals surface area contributed by atoms with Gasteiger partial charge in [-0.1, -0.05) is 29.4 Å². The molecule has 1 N–H and O–H groups in total. The largest absolute Gasteiger partial charge is 0.497 e. The van der Waals surface area contributed by atoms with Gasteiger partial charge in [0.25, 0.3) is 5.91 Å². The van der Waals surface area contributed by atoms with Gasteiger partial charge in [-0.3, -0.25) is 9.48 Å². The normalized spacial score (nSPS) is 15.4. The fourth-order valence-corrected chi connectivity index (χ4v) is 3.66. The Hall–Kier alpha value is -3.61. The Bertz CT molecular complexity index is 1130. The number of oxime groups is 1. The number of amides is 1. The summed E-state index contributed by atoms with van der Waals surface area (Å²) in [4.78, 5) is 18.3. The number of aromatic nitrogens is 2. The van der Waals surface area contributed by atoms with E-state index in [1.54, 1.807) is 7.11 Å². The number of hydrogen-bond donors (Lipinski definition) is 1. The second kappa shape index (κ2) is 8.63. The van der Waals surface area contributed by atoms with E-state index in [1.807, 2.05) is 54.9 Å². The molecule has 1 amide bonds. The van der Waals surface area contributed by atoms with Crippen molar-refractivity contribution in [1.82, 2.24) is 9.78 Å². The van der Waals surface area contributed by atoms with Crippen LogP contribution in [0.5, 0.6) is 5.75 Å². The highest BCUT2D eigenvalue weighted by molar-refractivity contribution is 6.06. The van der Waals surface area contributed by atoms with Crippen LogP contribution in [-0.2, 0) is 16.2 Å². The van der Waals surface area contributed by atoms with Crippen molar-refractivity contribution >= 4 is 17.3 Å². The van der Waals surface area contributed by atoms with Crippen LogP contribution in [0, 0.1) is 20.8 Å². The topological polar surface area (TPSA) is 77.7 Å². The third-order valence-electron chi connectivity index (χ3n) is 5.60. The van der Waals surface area contributed by atoms with E-state index in [0.29, 0.717) is 13.0 Å². The van der Waals surface area contributed by atoms with E-state index in [9.17, 15) is 4.79 Å². The standard InChI is InChI=1S/C24H26N4O3/c1-15-7-5-6-8-19(15)14-28-17(3)23(16(2)26-28)25-24(29)22-13-21(27-31-22)18-9-11-20(30-4)12-10-18/h5-12,22H,13-14H2,1-4H3,(H,25,29). The van der Waals surface area contributed by atoms with Crippen molar-refractivity contribution in [3.8, 4) is 5.75 Å². The number of aryl methyl sites for hydroxylation is 2. The van der Waals surface area contributed by atoms with Crippen molar-refractivity contribution in [3.63, 3.8) is 0 Å². The molecule has 0 saturated heterocycles. The van der Waals surface area contributed by atoms with Gasteiger partial charge in [0.05, 0.1) is 36.4 Å². The molecule has 7 nitrogen and oxygen atoms in total. The van der Waals surface area contributed by atoms with E-state index in [0.717, 1.165) is 34.1 Å². The minimum absolute atomic E-state index is 0.228. The van der Waals surface area contributed by atoms with Crippen LogP contribution in [0.3, 0.4) is 0 Å². The number of hydrogen-bond acceptors (Lipinski definition) is 5. The first-order valence-electron chi connectivity index (χ1n) is 10.2. The summed E-state index contributed by atoms with van der Waals surface area (Å²) in [5, 5.41) is 11.7. The maximum atomic E-state index is 12.9. The first-order valence-corrected chi connectivity index (χ1v) is 10.2. The van der Waals surface area contributed by atoms with Crippen LogP contribution in [0.1, 0.15) is 34.5 Å². The van der Waals surface area contributed by atoms with Gasteiger partial charge >= 0.3 is 0 Å². The average molecular weight is 418 g/mol. The molecule has 0 radical (unpaired) electrons. The molecule has 1 aliphatic rings. The number of benzene rings is 2. The Kier molecular flexibility index (Phi) is 5.75. The van der Waals surface area contributed by atoms with Crippen molar-refractivity contribution in [3.05, 3.63) is 76.6 Å². The van der Waals surface area contributed by atoms with Gasteiger partial charge in [-0.25, -0.2) is 0 Å². The lowest BCUT2D eigenvalue weighted by atomic mass is 10.0. The molecule has 0 spiro atoms. The summed E-state index contributed by atoms with van der Waals surface area (Å²) in [6, 6.07) is 15.8. The maximum absolute atomic E-state index is 12.9. The predicted molar refractivity (Wildman–Crippen MR) is 120 cm³/mol. The van der Waals surface area contributed by atoms with Crippen molar-refractivity contribution < 1.29 is 14.4 Å². The number of rotatable bonds is 6. The number of nitrogens with one attached hydrogen (secondary N) is 1. The predicted octanol–water partition coefficient (Wildman–Crippen LogP) is 4.00. The molecule has 1 aromatic heterocycles. The number of methoxy groups -OCH3 is 1. The molecule has 2 aromatic carbocycles. The number of ether oxygens (including phenoxy) is 1. The van der Waals surface area contributed by atoms with Crippen molar-refractivity contribution in [2.75, 3.05) is 12.4 Å². The molecule has 160 valence electrons. The molecule has 0 bridgehead atoms. The molecule has 4 rings (SSSR count). The van der Waals surface area contributed by atoms with Crippen molar-refractivity contribution in [1.29, 1.82) is 0 Å². The SMILES string of the molecule is COc1ccc(C2=NOC(C(=O)Nc3c(C)nn(Cc4ccccc4C)c3C)C2)cc1. The van der Waals surface area contributed by atoms with Crippen LogP contribution < -0.4 is 10.1 Å². The van der Waals surface area contributed by atoms with Gasteiger partial charge in [-0.05, 0) is 61.7 Å². The second-order valence-corrected chi connectivity index (χ2v) is 7.68. The average Bonchev–Trinajstić information content (AvgIpc) is 3.37. The zero-order chi connectivity index (χ0) is 22.0. The highest BCUT2D eigenvalue weighted by Gasteiger charge is 2.30. The first-order chi connectivity index (χ1) is 15.0. The quantitative estimate of drug-likeness (QED) is 0.656. The molecule has 1 atom stereocenters. The van der Waals surface area contributed by atoms with Gasteiger partial charge in [0.2, 0.25) is 6.10 Å². The summed E-state index contributed by atoms with van der Waals surface area (Å²) in [6.07, 6.45) is -0.260. The monoisotopic (exact) mass is 418 g/mol. The third-order valence-corrected chi connectivity index (χ3v) is 5.60. The first kappa shape index (κ1) is 20.7. The lowest BCUT2D eigenvalue weighted by molar-refractivity contribution is -0.125. The van der Waals surface area contributed by atoms with Crippen LogP contribution >= 0.6 is 0 Å². The second-order valence-electron chi connectivity index (χ2n) is 7.68. The van der Waals surface area contributed by atoms with Crippen LogP contribution in [-0.4, -0.2) is 34.6 Å². The van der Waals surface area contributed by atoms with Gasteiger partial charge in [-0.15, -0.1) is 0 Å². The van der Waals surface area contributed by atoms with E-state index in [4.69, 9.17) is 9.57 Å². The molecular weight excluding hydrogens is 392 g/mol. The molecular formula is C24H26N4O3. The molecule has 0 aliphatic carbocycles. The molecule has 2 heterocycles. The van der Waals surface area contributed by atoms with Gasteiger partial charge in [0, 0.05) is 6.42 Å². The Morgan fingerprint density at radius 1 is 1.16 bits per heavy atom. The van der Waals surface area contributed by atoms with Gasteiger partial charge < -0.3 is 14.9 Å². The maximum Gasteiger partial charge on any atom is 0.268 e. The lowest BCUT2D eigenvalue weighted by Crippen LogP contribution is -2.28. The number of carbonyl (C=O) groups excluding carboxylic acids is 1. The smallest absolute Gasteiger partial charge is 0.268 e. The van der Waals surface area contributed by atoms with Crippen LogP contribution in [0.2, 0.25) is 0 Å². The van der Waals surface area contributed by atoms with Crippen molar-refractivity contribution in [2.45, 2.75) is 39.8 Å². The van der Waals surface area contributed by atoms with Gasteiger partial charge in [-0.2, -0.15) is 5.10 Å². The molecule has 31 heavy (non-hydrogen) atoms.